The van der Waals surface area contributed by atoms with Crippen LogP contribution in [0.3, 0.4) is 0 Å². The number of aromatic nitrogens is 4. The topological polar surface area (TPSA) is 65.9 Å². The van der Waals surface area contributed by atoms with Crippen LogP contribution in [0.5, 0.6) is 0 Å². The molecule has 1 fully saturated rings. The van der Waals surface area contributed by atoms with E-state index < -0.39 is 0 Å². The SMILES string of the molecule is CN(C)[C@@H]1CCN(c2ccc3c(c2)Cn2cc(-c4ccc(C#N)cc4)cc2-c2ncnn2-3)C1. The molecule has 0 unspecified atom stereocenters. The van der Waals surface area contributed by atoms with Gasteiger partial charge < -0.3 is 14.4 Å². The van der Waals surface area contributed by atoms with Crippen LogP contribution in [-0.2, 0) is 6.54 Å². The maximum absolute atomic E-state index is 9.11. The van der Waals surface area contributed by atoms with Gasteiger partial charge in [0.15, 0.2) is 5.82 Å². The zero-order chi connectivity index (χ0) is 22.5. The molecule has 4 heterocycles. The van der Waals surface area contributed by atoms with Gasteiger partial charge in [-0.1, -0.05) is 12.1 Å². The van der Waals surface area contributed by atoms with Gasteiger partial charge in [0.05, 0.1) is 23.0 Å². The highest BCUT2D eigenvalue weighted by Crippen LogP contribution is 2.35. The lowest BCUT2D eigenvalue weighted by Crippen LogP contribution is -2.31. The summed E-state index contributed by atoms with van der Waals surface area (Å²) in [6.07, 6.45) is 4.99. The Balaban J connectivity index is 1.40. The molecule has 0 bridgehead atoms. The van der Waals surface area contributed by atoms with Gasteiger partial charge in [0.2, 0.25) is 0 Å². The number of hydrogen-bond donors (Lipinski definition) is 0. The molecule has 2 aromatic carbocycles. The van der Waals surface area contributed by atoms with Crippen molar-refractivity contribution in [2.75, 3.05) is 32.1 Å². The van der Waals surface area contributed by atoms with E-state index in [-0.39, 0.29) is 0 Å². The summed E-state index contributed by atoms with van der Waals surface area (Å²) in [5, 5.41) is 13.7. The van der Waals surface area contributed by atoms with Crippen LogP contribution in [0, 0.1) is 11.3 Å². The average molecular weight is 436 g/mol. The largest absolute Gasteiger partial charge is 0.370 e. The first-order chi connectivity index (χ1) is 16.1. The molecule has 2 aliphatic heterocycles. The van der Waals surface area contributed by atoms with E-state index in [1.165, 1.54) is 17.7 Å². The monoisotopic (exact) mass is 435 g/mol. The highest BCUT2D eigenvalue weighted by atomic mass is 15.4. The van der Waals surface area contributed by atoms with Gasteiger partial charge in [0.1, 0.15) is 6.33 Å². The molecule has 0 N–H and O–H groups in total. The molecule has 0 radical (unpaired) electrons. The van der Waals surface area contributed by atoms with E-state index in [4.69, 9.17) is 5.26 Å². The molecular formula is C26H25N7. The maximum atomic E-state index is 9.11. The van der Waals surface area contributed by atoms with Crippen LogP contribution in [0.1, 0.15) is 17.5 Å². The van der Waals surface area contributed by atoms with E-state index >= 15 is 0 Å². The number of hydrogen-bond acceptors (Lipinski definition) is 5. The number of nitriles is 1. The molecule has 2 aromatic heterocycles. The second-order valence-electron chi connectivity index (χ2n) is 9.09. The molecule has 164 valence electrons. The molecule has 7 nitrogen and oxygen atoms in total. The number of benzene rings is 2. The summed E-state index contributed by atoms with van der Waals surface area (Å²) in [6, 6.07) is 19.4. The van der Waals surface area contributed by atoms with Crippen LogP contribution in [-0.4, -0.2) is 57.5 Å². The van der Waals surface area contributed by atoms with Crippen molar-refractivity contribution in [1.29, 1.82) is 5.26 Å². The highest BCUT2D eigenvalue weighted by Gasteiger charge is 2.26. The fourth-order valence-corrected chi connectivity index (χ4v) is 5.00. The lowest BCUT2D eigenvalue weighted by atomic mass is 10.1. The van der Waals surface area contributed by atoms with Crippen LogP contribution in [0.15, 0.2) is 61.1 Å². The Morgan fingerprint density at radius 2 is 1.91 bits per heavy atom. The molecule has 2 aliphatic rings. The van der Waals surface area contributed by atoms with Gasteiger partial charge in [-0.25, -0.2) is 9.67 Å². The summed E-state index contributed by atoms with van der Waals surface area (Å²) in [5.74, 6) is 0.843. The summed E-state index contributed by atoms with van der Waals surface area (Å²) in [7, 11) is 4.33. The van der Waals surface area contributed by atoms with Crippen molar-refractivity contribution in [3.8, 4) is 34.4 Å². The maximum Gasteiger partial charge on any atom is 0.179 e. The van der Waals surface area contributed by atoms with Gasteiger partial charge in [-0.2, -0.15) is 10.4 Å². The Hall–Kier alpha value is -3.89. The smallest absolute Gasteiger partial charge is 0.179 e. The first kappa shape index (κ1) is 19.8. The van der Waals surface area contributed by atoms with Gasteiger partial charge in [0, 0.05) is 43.1 Å². The Bertz CT molecular complexity index is 1370. The van der Waals surface area contributed by atoms with Crippen molar-refractivity contribution < 1.29 is 0 Å². The summed E-state index contributed by atoms with van der Waals surface area (Å²) in [5.41, 5.74) is 7.48. The van der Waals surface area contributed by atoms with E-state index in [0.29, 0.717) is 11.6 Å². The molecule has 33 heavy (non-hydrogen) atoms. The van der Waals surface area contributed by atoms with Gasteiger partial charge in [0.25, 0.3) is 0 Å². The van der Waals surface area contributed by atoms with E-state index in [9.17, 15) is 0 Å². The number of nitrogens with zero attached hydrogens (tertiary/aromatic N) is 7. The predicted molar refractivity (Wildman–Crippen MR) is 128 cm³/mol. The summed E-state index contributed by atoms with van der Waals surface area (Å²) in [4.78, 5) is 9.40. The Morgan fingerprint density at radius 3 is 2.67 bits per heavy atom. The number of fused-ring (bicyclic) bond motifs is 5. The minimum Gasteiger partial charge on any atom is -0.370 e. The lowest BCUT2D eigenvalue weighted by molar-refractivity contribution is 0.315. The van der Waals surface area contributed by atoms with Crippen LogP contribution in [0.4, 0.5) is 5.69 Å². The van der Waals surface area contributed by atoms with Gasteiger partial charge in [-0.05, 0) is 68.0 Å². The third kappa shape index (κ3) is 3.31. The van der Waals surface area contributed by atoms with Crippen molar-refractivity contribution in [2.24, 2.45) is 0 Å². The number of likely N-dealkylation sites (N-methyl/N-ethyl adjacent to an activating group) is 1. The molecule has 0 amide bonds. The highest BCUT2D eigenvalue weighted by molar-refractivity contribution is 5.72. The van der Waals surface area contributed by atoms with Gasteiger partial charge in [-0.3, -0.25) is 0 Å². The number of rotatable bonds is 3. The van der Waals surface area contributed by atoms with E-state index in [1.807, 2.05) is 28.9 Å². The quantitative estimate of drug-likeness (QED) is 0.432. The van der Waals surface area contributed by atoms with Crippen molar-refractivity contribution >= 4 is 5.69 Å². The van der Waals surface area contributed by atoms with Crippen molar-refractivity contribution in [2.45, 2.75) is 19.0 Å². The Morgan fingerprint density at radius 1 is 1.06 bits per heavy atom. The summed E-state index contributed by atoms with van der Waals surface area (Å²) in [6.45, 7) is 2.89. The third-order valence-electron chi connectivity index (χ3n) is 6.91. The van der Waals surface area contributed by atoms with E-state index in [2.05, 4.69) is 75.1 Å². The van der Waals surface area contributed by atoms with E-state index in [0.717, 1.165) is 48.0 Å². The Labute approximate surface area is 193 Å². The molecule has 0 spiro atoms. The minimum absolute atomic E-state index is 0.594. The molecule has 1 atom stereocenters. The fourth-order valence-electron chi connectivity index (χ4n) is 5.00. The fraction of sp³-hybridized carbons (Fsp3) is 0.269. The predicted octanol–water partition coefficient (Wildman–Crippen LogP) is 3.78. The standard InChI is InChI=1S/C26H25N7/c1-30(2)23-9-10-31(16-23)22-7-8-24-21(11-22)15-32-14-20(19-5-3-18(13-27)4-6-19)12-25(32)26-28-17-29-33(24)26/h3-8,11-12,14,17,23H,9-10,15-16H2,1-2H3/t23-/m1/s1. The number of anilines is 1. The minimum atomic E-state index is 0.594. The normalized spacial score (nSPS) is 16.8. The summed E-state index contributed by atoms with van der Waals surface area (Å²) >= 11 is 0. The lowest BCUT2D eigenvalue weighted by Gasteiger charge is -2.23. The first-order valence-corrected chi connectivity index (χ1v) is 11.3. The van der Waals surface area contributed by atoms with Crippen LogP contribution in [0.2, 0.25) is 0 Å². The summed E-state index contributed by atoms with van der Waals surface area (Å²) < 4.78 is 4.21. The second kappa shape index (κ2) is 7.61. The van der Waals surface area contributed by atoms with Crippen LogP contribution in [0.25, 0.3) is 28.3 Å². The molecule has 0 aliphatic carbocycles. The Kier molecular flexibility index (Phi) is 4.56. The second-order valence-corrected chi connectivity index (χ2v) is 9.09. The van der Waals surface area contributed by atoms with Crippen molar-refractivity contribution in [3.05, 3.63) is 72.2 Å². The van der Waals surface area contributed by atoms with Crippen LogP contribution < -0.4 is 4.90 Å². The molecule has 0 saturated carbocycles. The molecular weight excluding hydrogens is 410 g/mol. The first-order valence-electron chi connectivity index (χ1n) is 11.3. The van der Waals surface area contributed by atoms with E-state index in [1.54, 1.807) is 6.33 Å². The molecule has 6 rings (SSSR count). The van der Waals surface area contributed by atoms with Gasteiger partial charge in [-0.15, -0.1) is 0 Å². The molecule has 7 heteroatoms. The van der Waals surface area contributed by atoms with Crippen LogP contribution >= 0.6 is 0 Å². The van der Waals surface area contributed by atoms with Crippen molar-refractivity contribution in [3.63, 3.8) is 0 Å². The zero-order valence-electron chi connectivity index (χ0n) is 18.8. The average Bonchev–Trinajstić information content (AvgIpc) is 3.58. The van der Waals surface area contributed by atoms with Crippen molar-refractivity contribution in [1.82, 2.24) is 24.2 Å². The third-order valence-corrected chi connectivity index (χ3v) is 6.91. The zero-order valence-corrected chi connectivity index (χ0v) is 18.8. The van der Waals surface area contributed by atoms with Gasteiger partial charge >= 0.3 is 0 Å². The molecule has 4 aromatic rings. The molecule has 1 saturated heterocycles.